The molecule has 1 unspecified atom stereocenters. The fourth-order valence-electron chi connectivity index (χ4n) is 4.46. The molecule has 0 bridgehead atoms. The molecule has 7 heteroatoms. The van der Waals surface area contributed by atoms with Crippen molar-refractivity contribution in [1.29, 1.82) is 0 Å². The van der Waals surface area contributed by atoms with E-state index in [9.17, 15) is 8.42 Å². The number of benzene rings is 1. The monoisotopic (exact) mass is 533 g/mol. The molecule has 1 atom stereocenters. The van der Waals surface area contributed by atoms with Gasteiger partial charge in [-0.05, 0) is 43.2 Å². The summed E-state index contributed by atoms with van der Waals surface area (Å²) in [6, 6.07) is 9.07. The number of hydrogen-bond acceptors (Lipinski definition) is 3. The second kappa shape index (κ2) is 10.5. The van der Waals surface area contributed by atoms with Crippen LogP contribution in [0.3, 0.4) is 0 Å². The Hall–Kier alpha value is -0.830. The molecule has 2 N–H and O–H groups in total. The number of aliphatic imine (C=N–C) groups is 1. The first kappa shape index (κ1) is 24.4. The van der Waals surface area contributed by atoms with Crippen LogP contribution in [0.4, 0.5) is 0 Å². The molecule has 1 aliphatic carbocycles. The van der Waals surface area contributed by atoms with Crippen LogP contribution in [0.1, 0.15) is 69.9 Å². The van der Waals surface area contributed by atoms with Gasteiger partial charge in [0.15, 0.2) is 15.8 Å². The first-order valence-electron chi connectivity index (χ1n) is 10.7. The minimum absolute atomic E-state index is 0. The lowest BCUT2D eigenvalue weighted by Crippen LogP contribution is -2.44. The third-order valence-corrected chi connectivity index (χ3v) is 7.98. The van der Waals surface area contributed by atoms with E-state index in [1.165, 1.54) is 24.0 Å². The van der Waals surface area contributed by atoms with E-state index >= 15 is 0 Å². The summed E-state index contributed by atoms with van der Waals surface area (Å²) in [6.45, 7) is 7.99. The molecular weight excluding hydrogens is 497 g/mol. The van der Waals surface area contributed by atoms with E-state index in [1.54, 1.807) is 0 Å². The molecule has 3 rings (SSSR count). The summed E-state index contributed by atoms with van der Waals surface area (Å²) >= 11 is 0. The lowest BCUT2D eigenvalue weighted by atomic mass is 9.78. The van der Waals surface area contributed by atoms with Gasteiger partial charge in [0, 0.05) is 18.0 Å². The molecule has 1 heterocycles. The molecule has 0 spiro atoms. The van der Waals surface area contributed by atoms with Crippen LogP contribution in [0.15, 0.2) is 29.3 Å². The van der Waals surface area contributed by atoms with Gasteiger partial charge in [-0.2, -0.15) is 0 Å². The summed E-state index contributed by atoms with van der Waals surface area (Å²) in [4.78, 5) is 4.91. The smallest absolute Gasteiger partial charge is 0.191 e. The van der Waals surface area contributed by atoms with E-state index in [0.29, 0.717) is 12.3 Å². The normalized spacial score (nSPS) is 23.0. The number of rotatable bonds is 6. The van der Waals surface area contributed by atoms with Gasteiger partial charge in [-0.25, -0.2) is 8.42 Å². The van der Waals surface area contributed by atoms with E-state index in [4.69, 9.17) is 4.99 Å². The SMILES string of the molecule is CCNC(=NCC1(c2ccc(C(C)C)cc2)CCCC1)NC1CCS(=O)(=O)C1.I. The maximum atomic E-state index is 11.8. The van der Waals surface area contributed by atoms with Gasteiger partial charge in [0.25, 0.3) is 0 Å². The highest BCUT2D eigenvalue weighted by Gasteiger charge is 2.36. The zero-order valence-corrected chi connectivity index (χ0v) is 21.1. The largest absolute Gasteiger partial charge is 0.357 e. The number of nitrogens with one attached hydrogen (secondary N) is 2. The van der Waals surface area contributed by atoms with Gasteiger partial charge >= 0.3 is 0 Å². The molecule has 5 nitrogen and oxygen atoms in total. The van der Waals surface area contributed by atoms with Gasteiger partial charge in [-0.15, -0.1) is 24.0 Å². The maximum absolute atomic E-state index is 11.8. The van der Waals surface area contributed by atoms with Crippen molar-refractivity contribution in [3.63, 3.8) is 0 Å². The van der Waals surface area contributed by atoms with Gasteiger partial charge in [-0.1, -0.05) is 51.0 Å². The Balaban J connectivity index is 0.00000300. The van der Waals surface area contributed by atoms with Crippen LogP contribution in [0.2, 0.25) is 0 Å². The van der Waals surface area contributed by atoms with E-state index in [-0.39, 0.29) is 46.9 Å². The predicted octanol–water partition coefficient (Wildman–Crippen LogP) is 3.98. The number of halogens is 1. The van der Waals surface area contributed by atoms with Crippen molar-refractivity contribution in [1.82, 2.24) is 10.6 Å². The van der Waals surface area contributed by atoms with Crippen molar-refractivity contribution < 1.29 is 8.42 Å². The molecule has 1 aromatic rings. The van der Waals surface area contributed by atoms with Crippen molar-refractivity contribution >= 4 is 39.8 Å². The minimum Gasteiger partial charge on any atom is -0.357 e. The molecule has 29 heavy (non-hydrogen) atoms. The van der Waals surface area contributed by atoms with Crippen molar-refractivity contribution in [2.75, 3.05) is 24.6 Å². The third kappa shape index (κ3) is 6.32. The Labute approximate surface area is 193 Å². The Morgan fingerprint density at radius 3 is 2.38 bits per heavy atom. The summed E-state index contributed by atoms with van der Waals surface area (Å²) in [5, 5.41) is 6.65. The van der Waals surface area contributed by atoms with Crippen LogP contribution >= 0.6 is 24.0 Å². The lowest BCUT2D eigenvalue weighted by Gasteiger charge is -2.29. The molecule has 1 aromatic carbocycles. The van der Waals surface area contributed by atoms with Crippen LogP contribution < -0.4 is 10.6 Å². The van der Waals surface area contributed by atoms with E-state index in [1.807, 2.05) is 6.92 Å². The Morgan fingerprint density at radius 2 is 1.86 bits per heavy atom. The van der Waals surface area contributed by atoms with Gasteiger partial charge in [0.2, 0.25) is 0 Å². The number of sulfone groups is 1. The average molecular weight is 534 g/mol. The summed E-state index contributed by atoms with van der Waals surface area (Å²) in [6.07, 6.45) is 5.47. The number of hydrogen-bond donors (Lipinski definition) is 2. The molecule has 1 aliphatic heterocycles. The fraction of sp³-hybridized carbons (Fsp3) is 0.682. The molecule has 0 amide bonds. The van der Waals surface area contributed by atoms with Gasteiger partial charge in [-0.3, -0.25) is 4.99 Å². The predicted molar refractivity (Wildman–Crippen MR) is 132 cm³/mol. The summed E-state index contributed by atoms with van der Waals surface area (Å²) in [5.74, 6) is 1.77. The zero-order chi connectivity index (χ0) is 20.2. The van der Waals surface area contributed by atoms with Gasteiger partial charge in [0.1, 0.15) is 0 Å². The van der Waals surface area contributed by atoms with E-state index < -0.39 is 9.84 Å². The van der Waals surface area contributed by atoms with Crippen LogP contribution in [0.5, 0.6) is 0 Å². The number of nitrogens with zero attached hydrogens (tertiary/aromatic N) is 1. The van der Waals surface area contributed by atoms with Crippen molar-refractivity contribution in [3.8, 4) is 0 Å². The Bertz CT molecular complexity index is 785. The van der Waals surface area contributed by atoms with Crippen LogP contribution in [0, 0.1) is 0 Å². The first-order chi connectivity index (χ1) is 13.3. The summed E-state index contributed by atoms with van der Waals surface area (Å²) < 4.78 is 23.5. The molecule has 1 saturated heterocycles. The quantitative estimate of drug-likeness (QED) is 0.330. The minimum atomic E-state index is -2.90. The highest BCUT2D eigenvalue weighted by Crippen LogP contribution is 2.41. The first-order valence-corrected chi connectivity index (χ1v) is 12.5. The van der Waals surface area contributed by atoms with Crippen LogP contribution in [0.25, 0.3) is 0 Å². The average Bonchev–Trinajstić information content (AvgIpc) is 3.27. The molecular formula is C22H36IN3O2S. The molecule has 0 aromatic heterocycles. The Kier molecular flexibility index (Phi) is 8.82. The molecule has 2 aliphatic rings. The standard InChI is InChI=1S/C22H35N3O2S.HI/c1-4-23-21(25-20-11-14-28(26,27)15-20)24-16-22(12-5-6-13-22)19-9-7-18(8-10-19)17(2)3;/h7-10,17,20H,4-6,11-16H2,1-3H3,(H2,23,24,25);1H. The van der Waals surface area contributed by atoms with Crippen LogP contribution in [-0.4, -0.2) is 45.0 Å². The third-order valence-electron chi connectivity index (χ3n) is 6.21. The second-order valence-electron chi connectivity index (χ2n) is 8.70. The molecule has 1 saturated carbocycles. The highest BCUT2D eigenvalue weighted by molar-refractivity contribution is 14.0. The van der Waals surface area contributed by atoms with Gasteiger partial charge < -0.3 is 10.6 Å². The van der Waals surface area contributed by atoms with Crippen LogP contribution in [-0.2, 0) is 15.3 Å². The summed E-state index contributed by atoms with van der Waals surface area (Å²) in [5.41, 5.74) is 2.86. The lowest BCUT2D eigenvalue weighted by molar-refractivity contribution is 0.452. The number of guanidine groups is 1. The zero-order valence-electron chi connectivity index (χ0n) is 17.9. The second-order valence-corrected chi connectivity index (χ2v) is 10.9. The molecule has 2 fully saturated rings. The fourth-order valence-corrected chi connectivity index (χ4v) is 6.14. The Morgan fingerprint density at radius 1 is 1.21 bits per heavy atom. The molecule has 0 radical (unpaired) electrons. The van der Waals surface area contributed by atoms with E-state index in [0.717, 1.165) is 31.9 Å². The van der Waals surface area contributed by atoms with Crippen molar-refractivity contribution in [3.05, 3.63) is 35.4 Å². The van der Waals surface area contributed by atoms with Crippen molar-refractivity contribution in [2.45, 2.75) is 70.3 Å². The maximum Gasteiger partial charge on any atom is 0.191 e. The molecule has 164 valence electrons. The van der Waals surface area contributed by atoms with E-state index in [2.05, 4.69) is 48.7 Å². The highest BCUT2D eigenvalue weighted by atomic mass is 127. The van der Waals surface area contributed by atoms with Crippen molar-refractivity contribution in [2.24, 2.45) is 4.99 Å². The van der Waals surface area contributed by atoms with Gasteiger partial charge in [0.05, 0.1) is 18.1 Å². The topological polar surface area (TPSA) is 70.6 Å². The summed E-state index contributed by atoms with van der Waals surface area (Å²) in [7, 11) is -2.90.